The Bertz CT molecular complexity index is 1250. The lowest BCUT2D eigenvalue weighted by Gasteiger charge is -2.24. The predicted octanol–water partition coefficient (Wildman–Crippen LogP) is 4.83. The third kappa shape index (κ3) is 6.40. The van der Waals surface area contributed by atoms with E-state index in [2.05, 4.69) is 17.4 Å². The molecule has 1 unspecified atom stereocenters. The topological polar surface area (TPSA) is 78.9 Å². The molecule has 0 bridgehead atoms. The van der Waals surface area contributed by atoms with Crippen molar-refractivity contribution in [2.75, 3.05) is 23.4 Å². The zero-order valence-corrected chi connectivity index (χ0v) is 21.4. The first-order valence-corrected chi connectivity index (χ1v) is 12.7. The van der Waals surface area contributed by atoms with E-state index in [1.54, 1.807) is 31.2 Å². The molecule has 1 aliphatic heterocycles. The monoisotopic (exact) mass is 515 g/mol. The van der Waals surface area contributed by atoms with Crippen molar-refractivity contribution < 1.29 is 19.1 Å². The molecule has 3 aromatic rings. The summed E-state index contributed by atoms with van der Waals surface area (Å²) in [6.45, 7) is 2.58. The number of esters is 1. The van der Waals surface area contributed by atoms with Gasteiger partial charge in [0.05, 0.1) is 24.3 Å². The highest BCUT2D eigenvalue weighted by Gasteiger charge is 2.43. The highest BCUT2D eigenvalue weighted by atomic mass is 32.1. The number of aryl methyl sites for hydroxylation is 1. The molecule has 8 heteroatoms. The Morgan fingerprint density at radius 3 is 2.24 bits per heavy atom. The zero-order valence-electron chi connectivity index (χ0n) is 20.6. The molecule has 1 aliphatic rings. The van der Waals surface area contributed by atoms with E-state index < -0.39 is 12.0 Å². The van der Waals surface area contributed by atoms with Crippen molar-refractivity contribution in [2.45, 2.75) is 32.2 Å². The number of ether oxygens (including phenoxy) is 1. The first kappa shape index (κ1) is 26.0. The number of hydrogen-bond acceptors (Lipinski definition) is 5. The third-order valence-corrected chi connectivity index (χ3v) is 6.52. The minimum absolute atomic E-state index is 0.0483. The van der Waals surface area contributed by atoms with Crippen LogP contribution >= 0.6 is 12.2 Å². The van der Waals surface area contributed by atoms with Crippen molar-refractivity contribution in [1.82, 2.24) is 4.90 Å². The second-order valence-electron chi connectivity index (χ2n) is 8.64. The maximum atomic E-state index is 13.5. The second kappa shape index (κ2) is 12.3. The molecule has 1 heterocycles. The van der Waals surface area contributed by atoms with Gasteiger partial charge in [0.25, 0.3) is 5.91 Å². The smallest absolute Gasteiger partial charge is 0.338 e. The molecule has 37 heavy (non-hydrogen) atoms. The van der Waals surface area contributed by atoms with E-state index >= 15 is 0 Å². The van der Waals surface area contributed by atoms with Gasteiger partial charge in [0.15, 0.2) is 5.11 Å². The lowest BCUT2D eigenvalue weighted by atomic mass is 10.1. The summed E-state index contributed by atoms with van der Waals surface area (Å²) >= 11 is 5.73. The van der Waals surface area contributed by atoms with Gasteiger partial charge >= 0.3 is 5.97 Å². The number of para-hydroxylation sites is 1. The molecule has 3 aromatic carbocycles. The minimum atomic E-state index is -0.706. The van der Waals surface area contributed by atoms with Crippen LogP contribution in [-0.4, -0.2) is 47.0 Å². The molecule has 1 saturated heterocycles. The van der Waals surface area contributed by atoms with Crippen LogP contribution in [0.3, 0.4) is 0 Å². The molecule has 1 fully saturated rings. The van der Waals surface area contributed by atoms with Crippen LogP contribution in [0.2, 0.25) is 0 Å². The summed E-state index contributed by atoms with van der Waals surface area (Å²) < 4.78 is 4.99. The van der Waals surface area contributed by atoms with Crippen molar-refractivity contribution in [3.63, 3.8) is 0 Å². The summed E-state index contributed by atoms with van der Waals surface area (Å²) in [7, 11) is 0. The molecular weight excluding hydrogens is 486 g/mol. The molecule has 0 spiro atoms. The van der Waals surface area contributed by atoms with E-state index in [1.807, 2.05) is 53.4 Å². The van der Waals surface area contributed by atoms with Crippen molar-refractivity contribution in [3.05, 3.63) is 96.1 Å². The first-order chi connectivity index (χ1) is 18.0. The number of nitrogens with zero attached hydrogens (tertiary/aromatic N) is 2. The van der Waals surface area contributed by atoms with E-state index in [0.717, 1.165) is 12.8 Å². The van der Waals surface area contributed by atoms with Crippen LogP contribution in [0.4, 0.5) is 11.4 Å². The number of hydrogen-bond donors (Lipinski definition) is 1. The molecule has 0 radical (unpaired) electrons. The molecule has 0 aliphatic carbocycles. The molecule has 190 valence electrons. The molecule has 0 saturated carbocycles. The Balaban J connectivity index is 1.46. The van der Waals surface area contributed by atoms with Gasteiger partial charge in [-0.05, 0) is 73.9 Å². The maximum Gasteiger partial charge on any atom is 0.338 e. The SMILES string of the molecule is CCOC(=O)c1ccc(NC(=O)CC2C(=O)N(c3ccccc3)C(=S)N2CCCc2ccccc2)cc1. The van der Waals surface area contributed by atoms with E-state index in [4.69, 9.17) is 17.0 Å². The number of amides is 2. The fraction of sp³-hybridized carbons (Fsp3) is 0.241. The molecule has 1 atom stereocenters. The predicted molar refractivity (Wildman–Crippen MR) is 147 cm³/mol. The molecule has 7 nitrogen and oxygen atoms in total. The van der Waals surface area contributed by atoms with E-state index in [9.17, 15) is 14.4 Å². The maximum absolute atomic E-state index is 13.5. The molecule has 2 amide bonds. The fourth-order valence-corrected chi connectivity index (χ4v) is 4.71. The Hall–Kier alpha value is -4.04. The molecule has 4 rings (SSSR count). The van der Waals surface area contributed by atoms with Gasteiger partial charge in [0.2, 0.25) is 5.91 Å². The summed E-state index contributed by atoms with van der Waals surface area (Å²) in [5.41, 5.74) is 2.82. The van der Waals surface area contributed by atoms with Gasteiger partial charge in [0, 0.05) is 12.2 Å². The molecule has 1 N–H and O–H groups in total. The average molecular weight is 516 g/mol. The highest BCUT2D eigenvalue weighted by Crippen LogP contribution is 2.28. The number of thiocarbonyl (C=S) groups is 1. The molecule has 0 aromatic heterocycles. The van der Waals surface area contributed by atoms with Crippen LogP contribution in [0.1, 0.15) is 35.7 Å². The Morgan fingerprint density at radius 2 is 1.59 bits per heavy atom. The van der Waals surface area contributed by atoms with Crippen molar-refractivity contribution in [2.24, 2.45) is 0 Å². The first-order valence-electron chi connectivity index (χ1n) is 12.3. The van der Waals surface area contributed by atoms with Crippen LogP contribution in [0.25, 0.3) is 0 Å². The molecular formula is C29H29N3O4S. The Kier molecular flexibility index (Phi) is 8.64. The van der Waals surface area contributed by atoms with Gasteiger partial charge in [-0.25, -0.2) is 4.79 Å². The standard InChI is InChI=1S/C29H29N3O4S/c1-2-36-28(35)22-15-17-23(18-16-22)30-26(33)20-25-27(34)32(24-13-7-4-8-14-24)29(37)31(25)19-9-12-21-10-5-3-6-11-21/h3-8,10-11,13-18,25H,2,9,12,19-20H2,1H3,(H,30,33). The minimum Gasteiger partial charge on any atom is -0.462 e. The number of nitrogens with one attached hydrogen (secondary N) is 1. The van der Waals surface area contributed by atoms with Crippen molar-refractivity contribution in [3.8, 4) is 0 Å². The largest absolute Gasteiger partial charge is 0.462 e. The summed E-state index contributed by atoms with van der Waals surface area (Å²) in [5, 5.41) is 3.23. The Labute approximate surface area is 222 Å². The van der Waals surface area contributed by atoms with Gasteiger partial charge in [-0.15, -0.1) is 0 Å². The summed E-state index contributed by atoms with van der Waals surface area (Å²) in [5.74, 6) is -0.950. The van der Waals surface area contributed by atoms with Gasteiger partial charge in [0.1, 0.15) is 6.04 Å². The van der Waals surface area contributed by atoms with Crippen LogP contribution in [0, 0.1) is 0 Å². The number of anilines is 2. The number of carbonyl (C=O) groups excluding carboxylic acids is 3. The fourth-order valence-electron chi connectivity index (χ4n) is 4.29. The van der Waals surface area contributed by atoms with Crippen molar-refractivity contribution >= 4 is 46.5 Å². The number of benzene rings is 3. The third-order valence-electron chi connectivity index (χ3n) is 6.10. The second-order valence-corrected chi connectivity index (χ2v) is 9.01. The van der Waals surface area contributed by atoms with E-state index in [0.29, 0.717) is 28.6 Å². The normalized spacial score (nSPS) is 15.1. The van der Waals surface area contributed by atoms with E-state index in [1.165, 1.54) is 10.5 Å². The van der Waals surface area contributed by atoms with Crippen molar-refractivity contribution in [1.29, 1.82) is 0 Å². The van der Waals surface area contributed by atoms with Gasteiger partial charge in [-0.2, -0.15) is 0 Å². The van der Waals surface area contributed by atoms with Gasteiger partial charge in [-0.1, -0.05) is 48.5 Å². The average Bonchev–Trinajstić information content (AvgIpc) is 3.14. The van der Waals surface area contributed by atoms with E-state index in [-0.39, 0.29) is 24.8 Å². The zero-order chi connectivity index (χ0) is 26.2. The lowest BCUT2D eigenvalue weighted by Crippen LogP contribution is -2.38. The van der Waals surface area contributed by atoms with Crippen LogP contribution < -0.4 is 10.2 Å². The van der Waals surface area contributed by atoms with Crippen LogP contribution in [-0.2, 0) is 20.7 Å². The number of rotatable bonds is 10. The van der Waals surface area contributed by atoms with Gasteiger partial charge < -0.3 is 15.0 Å². The van der Waals surface area contributed by atoms with Gasteiger partial charge in [-0.3, -0.25) is 14.5 Å². The quantitative estimate of drug-likeness (QED) is 0.308. The highest BCUT2D eigenvalue weighted by molar-refractivity contribution is 7.80. The van der Waals surface area contributed by atoms with Crippen LogP contribution in [0.5, 0.6) is 0 Å². The Morgan fingerprint density at radius 1 is 0.946 bits per heavy atom. The van der Waals surface area contributed by atoms with Crippen LogP contribution in [0.15, 0.2) is 84.9 Å². The number of carbonyl (C=O) groups is 3. The lowest BCUT2D eigenvalue weighted by molar-refractivity contribution is -0.124. The summed E-state index contributed by atoms with van der Waals surface area (Å²) in [6, 6.07) is 25.1. The summed E-state index contributed by atoms with van der Waals surface area (Å²) in [4.78, 5) is 41.7. The summed E-state index contributed by atoms with van der Waals surface area (Å²) in [6.07, 6.45) is 1.58.